The molecule has 0 bridgehead atoms. The molecule has 3 rings (SSSR count). The van der Waals surface area contributed by atoms with Crippen LogP contribution >= 0.6 is 0 Å². The number of rotatable bonds is 4. The molecule has 1 aromatic heterocycles. The predicted molar refractivity (Wildman–Crippen MR) is 84.2 cm³/mol. The molecule has 21 heavy (non-hydrogen) atoms. The molecule has 0 saturated carbocycles. The molecule has 0 radical (unpaired) electrons. The highest BCUT2D eigenvalue weighted by Gasteiger charge is 2.09. The van der Waals surface area contributed by atoms with Gasteiger partial charge in [0, 0.05) is 29.9 Å². The third kappa shape index (κ3) is 3.08. The molecular weight excluding hydrogens is 260 g/mol. The van der Waals surface area contributed by atoms with E-state index >= 15 is 0 Å². The van der Waals surface area contributed by atoms with Crippen LogP contribution in [-0.2, 0) is 6.42 Å². The fourth-order valence-electron chi connectivity index (χ4n) is 2.37. The van der Waals surface area contributed by atoms with Crippen LogP contribution in [-0.4, -0.2) is 17.4 Å². The summed E-state index contributed by atoms with van der Waals surface area (Å²) in [4.78, 5) is 16.4. The van der Waals surface area contributed by atoms with Crippen LogP contribution in [0, 0.1) is 0 Å². The molecule has 0 aliphatic heterocycles. The Morgan fingerprint density at radius 1 is 1.00 bits per heavy atom. The Hall–Kier alpha value is -2.68. The second-order valence-electron chi connectivity index (χ2n) is 4.89. The van der Waals surface area contributed by atoms with Crippen molar-refractivity contribution in [3.63, 3.8) is 0 Å². The zero-order chi connectivity index (χ0) is 14.5. The van der Waals surface area contributed by atoms with E-state index < -0.39 is 0 Å². The molecule has 0 unspecified atom stereocenters. The molecule has 104 valence electrons. The number of pyridine rings is 1. The summed E-state index contributed by atoms with van der Waals surface area (Å²) < 4.78 is 0. The monoisotopic (exact) mass is 276 g/mol. The fourth-order valence-corrected chi connectivity index (χ4v) is 2.37. The highest BCUT2D eigenvalue weighted by molar-refractivity contribution is 6.06. The van der Waals surface area contributed by atoms with E-state index in [1.807, 2.05) is 42.5 Å². The van der Waals surface area contributed by atoms with Crippen molar-refractivity contribution < 1.29 is 4.79 Å². The summed E-state index contributed by atoms with van der Waals surface area (Å²) in [5.41, 5.74) is 1.89. The summed E-state index contributed by atoms with van der Waals surface area (Å²) >= 11 is 0. The fraction of sp³-hybridized carbons (Fsp3) is 0.111. The van der Waals surface area contributed by atoms with Crippen LogP contribution in [0.4, 0.5) is 0 Å². The van der Waals surface area contributed by atoms with Gasteiger partial charge in [-0.25, -0.2) is 0 Å². The number of carbonyl (C=O) groups is 1. The summed E-state index contributed by atoms with van der Waals surface area (Å²) in [6.45, 7) is 0.625. The van der Waals surface area contributed by atoms with Crippen LogP contribution in [0.25, 0.3) is 10.8 Å². The first-order valence-corrected chi connectivity index (χ1v) is 6.99. The van der Waals surface area contributed by atoms with E-state index in [4.69, 9.17) is 0 Å². The number of nitrogens with zero attached hydrogens (tertiary/aromatic N) is 1. The first-order valence-electron chi connectivity index (χ1n) is 6.99. The molecule has 3 heteroatoms. The number of carbonyl (C=O) groups excluding carboxylic acids is 1. The van der Waals surface area contributed by atoms with Crippen LogP contribution in [0.1, 0.15) is 15.9 Å². The van der Waals surface area contributed by atoms with Gasteiger partial charge in [-0.2, -0.15) is 0 Å². The minimum atomic E-state index is -0.0514. The molecule has 1 amide bonds. The Bertz CT molecular complexity index is 748. The number of fused-ring (bicyclic) bond motifs is 1. The van der Waals surface area contributed by atoms with Crippen molar-refractivity contribution in [2.45, 2.75) is 6.42 Å². The second kappa shape index (κ2) is 6.18. The van der Waals surface area contributed by atoms with Crippen molar-refractivity contribution >= 4 is 16.7 Å². The van der Waals surface area contributed by atoms with Gasteiger partial charge in [-0.15, -0.1) is 0 Å². The van der Waals surface area contributed by atoms with Gasteiger partial charge in [0.25, 0.3) is 5.91 Å². The molecular formula is C18H16N2O. The molecule has 1 heterocycles. The topological polar surface area (TPSA) is 42.0 Å². The van der Waals surface area contributed by atoms with Gasteiger partial charge in [0.15, 0.2) is 0 Å². The minimum Gasteiger partial charge on any atom is -0.352 e. The van der Waals surface area contributed by atoms with E-state index in [0.717, 1.165) is 17.2 Å². The molecule has 2 aromatic carbocycles. The molecule has 0 saturated heterocycles. The largest absolute Gasteiger partial charge is 0.352 e. The molecule has 0 fully saturated rings. The third-order valence-electron chi connectivity index (χ3n) is 3.47. The molecule has 0 atom stereocenters. The van der Waals surface area contributed by atoms with Crippen molar-refractivity contribution in [3.05, 3.63) is 78.1 Å². The first-order chi connectivity index (χ1) is 10.3. The SMILES string of the molecule is O=C(NCCc1ccccc1)c1cccc2ccncc12. The van der Waals surface area contributed by atoms with Crippen LogP contribution < -0.4 is 5.32 Å². The lowest BCUT2D eigenvalue weighted by molar-refractivity contribution is 0.0956. The molecule has 3 nitrogen and oxygen atoms in total. The Kier molecular flexibility index (Phi) is 3.92. The summed E-state index contributed by atoms with van der Waals surface area (Å²) in [7, 11) is 0. The van der Waals surface area contributed by atoms with Crippen molar-refractivity contribution in [2.75, 3.05) is 6.54 Å². The third-order valence-corrected chi connectivity index (χ3v) is 3.47. The average molecular weight is 276 g/mol. The van der Waals surface area contributed by atoms with Gasteiger partial charge in [0.2, 0.25) is 0 Å². The van der Waals surface area contributed by atoms with E-state index in [9.17, 15) is 4.79 Å². The summed E-state index contributed by atoms with van der Waals surface area (Å²) in [5.74, 6) is -0.0514. The zero-order valence-electron chi connectivity index (χ0n) is 11.6. The van der Waals surface area contributed by atoms with Crippen molar-refractivity contribution in [2.24, 2.45) is 0 Å². The number of nitrogens with one attached hydrogen (secondary N) is 1. The summed E-state index contributed by atoms with van der Waals surface area (Å²) in [6.07, 6.45) is 4.30. The molecule has 3 aromatic rings. The Balaban J connectivity index is 1.70. The van der Waals surface area contributed by atoms with Crippen LogP contribution in [0.15, 0.2) is 67.0 Å². The van der Waals surface area contributed by atoms with Crippen LogP contribution in [0.2, 0.25) is 0 Å². The lowest BCUT2D eigenvalue weighted by atomic mass is 10.1. The smallest absolute Gasteiger partial charge is 0.251 e. The average Bonchev–Trinajstić information content (AvgIpc) is 2.55. The van der Waals surface area contributed by atoms with Crippen molar-refractivity contribution in [3.8, 4) is 0 Å². The molecule has 0 aliphatic carbocycles. The molecule has 0 aliphatic rings. The normalized spacial score (nSPS) is 10.5. The first kappa shape index (κ1) is 13.3. The number of aromatic nitrogens is 1. The predicted octanol–water partition coefficient (Wildman–Crippen LogP) is 3.21. The van der Waals surface area contributed by atoms with E-state index in [2.05, 4.69) is 22.4 Å². The van der Waals surface area contributed by atoms with Gasteiger partial charge in [-0.05, 0) is 29.5 Å². The summed E-state index contributed by atoms with van der Waals surface area (Å²) in [5, 5.41) is 4.89. The number of hydrogen-bond acceptors (Lipinski definition) is 2. The minimum absolute atomic E-state index is 0.0514. The number of benzene rings is 2. The quantitative estimate of drug-likeness (QED) is 0.795. The van der Waals surface area contributed by atoms with Gasteiger partial charge >= 0.3 is 0 Å². The number of hydrogen-bond donors (Lipinski definition) is 1. The highest BCUT2D eigenvalue weighted by Crippen LogP contribution is 2.17. The molecule has 0 spiro atoms. The zero-order valence-corrected chi connectivity index (χ0v) is 11.6. The van der Waals surface area contributed by atoms with Gasteiger partial charge in [-0.3, -0.25) is 9.78 Å². The van der Waals surface area contributed by atoms with Crippen LogP contribution in [0.3, 0.4) is 0 Å². The van der Waals surface area contributed by atoms with E-state index in [0.29, 0.717) is 12.1 Å². The van der Waals surface area contributed by atoms with Crippen molar-refractivity contribution in [1.29, 1.82) is 0 Å². The molecule has 1 N–H and O–H groups in total. The lowest BCUT2D eigenvalue weighted by Crippen LogP contribution is -2.25. The maximum Gasteiger partial charge on any atom is 0.251 e. The van der Waals surface area contributed by atoms with E-state index in [-0.39, 0.29) is 5.91 Å². The maximum atomic E-state index is 12.3. The van der Waals surface area contributed by atoms with Gasteiger partial charge in [0.1, 0.15) is 0 Å². The Morgan fingerprint density at radius 2 is 1.86 bits per heavy atom. The standard InChI is InChI=1S/C18H16N2O/c21-18(20-12-9-14-5-2-1-3-6-14)16-8-4-7-15-10-11-19-13-17(15)16/h1-8,10-11,13H,9,12H2,(H,20,21). The highest BCUT2D eigenvalue weighted by atomic mass is 16.1. The van der Waals surface area contributed by atoms with Crippen LogP contribution in [0.5, 0.6) is 0 Å². The Morgan fingerprint density at radius 3 is 2.71 bits per heavy atom. The van der Waals surface area contributed by atoms with Gasteiger partial charge < -0.3 is 5.32 Å². The van der Waals surface area contributed by atoms with E-state index in [1.165, 1.54) is 5.56 Å². The van der Waals surface area contributed by atoms with E-state index in [1.54, 1.807) is 12.4 Å². The van der Waals surface area contributed by atoms with Gasteiger partial charge in [-0.1, -0.05) is 42.5 Å². The van der Waals surface area contributed by atoms with Gasteiger partial charge in [0.05, 0.1) is 0 Å². The lowest BCUT2D eigenvalue weighted by Gasteiger charge is -2.08. The summed E-state index contributed by atoms with van der Waals surface area (Å²) in [6, 6.07) is 17.8. The second-order valence-corrected chi connectivity index (χ2v) is 4.89. The number of amides is 1. The van der Waals surface area contributed by atoms with Crippen molar-refractivity contribution in [1.82, 2.24) is 10.3 Å². The Labute approximate surface area is 123 Å². The maximum absolute atomic E-state index is 12.3.